The Balaban J connectivity index is 1.49. The Morgan fingerprint density at radius 2 is 1.86 bits per heavy atom. The summed E-state index contributed by atoms with van der Waals surface area (Å²) in [7, 11) is 1.89. The van der Waals surface area contributed by atoms with Crippen LogP contribution in [0.2, 0.25) is 0 Å². The molecule has 1 amide bonds. The molecule has 3 aromatic rings. The van der Waals surface area contributed by atoms with Gasteiger partial charge in [0.05, 0.1) is 35.9 Å². The van der Waals surface area contributed by atoms with Gasteiger partial charge in [-0.3, -0.25) is 4.79 Å². The van der Waals surface area contributed by atoms with E-state index in [1.54, 1.807) is 0 Å². The van der Waals surface area contributed by atoms with Gasteiger partial charge in [-0.2, -0.15) is 5.26 Å². The molecule has 0 bridgehead atoms. The van der Waals surface area contributed by atoms with Crippen molar-refractivity contribution in [3.05, 3.63) is 48.0 Å². The van der Waals surface area contributed by atoms with Gasteiger partial charge in [-0.25, -0.2) is 9.97 Å². The Morgan fingerprint density at radius 1 is 1.14 bits per heavy atom. The monoisotopic (exact) mass is 499 g/mol. The smallest absolute Gasteiger partial charge is 0.225 e. The third kappa shape index (κ3) is 5.23. The molecular weight excluding hydrogens is 466 g/mol. The molecule has 0 N–H and O–H groups in total. The Morgan fingerprint density at radius 3 is 2.57 bits per heavy atom. The van der Waals surface area contributed by atoms with Gasteiger partial charge in [-0.05, 0) is 36.8 Å². The van der Waals surface area contributed by atoms with Crippen LogP contribution in [0.3, 0.4) is 0 Å². The van der Waals surface area contributed by atoms with Crippen molar-refractivity contribution in [3.63, 3.8) is 0 Å². The maximum absolute atomic E-state index is 12.6. The molecule has 0 unspecified atom stereocenters. The van der Waals surface area contributed by atoms with E-state index < -0.39 is 0 Å². The highest BCUT2D eigenvalue weighted by Gasteiger charge is 2.32. The molecule has 0 radical (unpaired) electrons. The molecule has 1 aromatic heterocycles. The fourth-order valence-corrected chi connectivity index (χ4v) is 5.08. The number of hydrogen-bond donors (Lipinski definition) is 0. The molecule has 2 fully saturated rings. The van der Waals surface area contributed by atoms with Crippen molar-refractivity contribution in [1.82, 2.24) is 14.9 Å². The zero-order chi connectivity index (χ0) is 25.9. The van der Waals surface area contributed by atoms with E-state index in [0.29, 0.717) is 31.1 Å². The zero-order valence-corrected chi connectivity index (χ0v) is 21.7. The topological polar surface area (TPSA) is 91.6 Å². The van der Waals surface area contributed by atoms with E-state index in [2.05, 4.69) is 11.0 Å². The van der Waals surface area contributed by atoms with Crippen LogP contribution >= 0.6 is 0 Å². The largest absolute Gasteiger partial charge is 0.489 e. The molecule has 8 heteroatoms. The van der Waals surface area contributed by atoms with E-state index in [9.17, 15) is 10.1 Å². The van der Waals surface area contributed by atoms with Gasteiger partial charge in [0.2, 0.25) is 5.91 Å². The van der Waals surface area contributed by atoms with E-state index in [4.69, 9.17) is 19.4 Å². The standard InChI is InChI=1S/C29H33N5O3/c1-19(2)29(35)33(3)22-10-13-34(18-22)28-27(31-24-6-4-5-7-25(24)32-28)20-8-9-26(21(16-20)17-30)37-23-11-14-36-15-12-23/h4-9,16,19,22-23H,10-15,18H2,1-3H3/t22-/m0/s1. The third-order valence-electron chi connectivity index (χ3n) is 7.24. The van der Waals surface area contributed by atoms with Crippen molar-refractivity contribution in [2.24, 2.45) is 5.92 Å². The summed E-state index contributed by atoms with van der Waals surface area (Å²) in [5.74, 6) is 1.47. The number of anilines is 1. The number of amides is 1. The number of nitrogens with zero attached hydrogens (tertiary/aromatic N) is 5. The molecular formula is C29H33N5O3. The highest BCUT2D eigenvalue weighted by Crippen LogP contribution is 2.35. The van der Waals surface area contributed by atoms with Crippen molar-refractivity contribution in [2.45, 2.75) is 45.3 Å². The van der Waals surface area contributed by atoms with Crippen molar-refractivity contribution in [1.29, 1.82) is 5.26 Å². The Kier molecular flexibility index (Phi) is 7.24. The minimum absolute atomic E-state index is 0.0404. The van der Waals surface area contributed by atoms with Crippen molar-refractivity contribution >= 4 is 22.8 Å². The number of rotatable bonds is 6. The predicted octanol–water partition coefficient (Wildman–Crippen LogP) is 4.42. The molecule has 0 saturated carbocycles. The highest BCUT2D eigenvalue weighted by molar-refractivity contribution is 5.84. The van der Waals surface area contributed by atoms with Crippen LogP contribution in [0.25, 0.3) is 22.3 Å². The quantitative estimate of drug-likeness (QED) is 0.496. The van der Waals surface area contributed by atoms with E-state index in [1.807, 2.05) is 68.3 Å². The second-order valence-corrected chi connectivity index (χ2v) is 10.1. The molecule has 1 atom stereocenters. The summed E-state index contributed by atoms with van der Waals surface area (Å²) in [6, 6.07) is 15.9. The summed E-state index contributed by atoms with van der Waals surface area (Å²) in [4.78, 5) is 26.7. The molecule has 8 nitrogen and oxygen atoms in total. The molecule has 3 heterocycles. The highest BCUT2D eigenvalue weighted by atomic mass is 16.5. The summed E-state index contributed by atoms with van der Waals surface area (Å²) in [6.45, 7) is 6.67. The lowest BCUT2D eigenvalue weighted by Crippen LogP contribution is -2.41. The van der Waals surface area contributed by atoms with Gasteiger partial charge in [0.15, 0.2) is 5.82 Å². The number of carbonyl (C=O) groups is 1. The number of fused-ring (bicyclic) bond motifs is 1. The minimum atomic E-state index is -0.0404. The van der Waals surface area contributed by atoms with Gasteiger partial charge in [0.1, 0.15) is 23.6 Å². The number of nitriles is 1. The molecule has 2 aromatic carbocycles. The minimum Gasteiger partial charge on any atom is -0.489 e. The van der Waals surface area contributed by atoms with Crippen LogP contribution in [-0.4, -0.2) is 66.3 Å². The first-order chi connectivity index (χ1) is 17.9. The predicted molar refractivity (Wildman–Crippen MR) is 142 cm³/mol. The lowest BCUT2D eigenvalue weighted by Gasteiger charge is -2.27. The van der Waals surface area contributed by atoms with Crippen LogP contribution in [0.4, 0.5) is 5.82 Å². The van der Waals surface area contributed by atoms with Gasteiger partial charge in [0, 0.05) is 44.5 Å². The first-order valence-electron chi connectivity index (χ1n) is 13.0. The molecule has 2 saturated heterocycles. The summed E-state index contributed by atoms with van der Waals surface area (Å²) >= 11 is 0. The number of ether oxygens (including phenoxy) is 2. The summed E-state index contributed by atoms with van der Waals surface area (Å²) < 4.78 is 11.6. The van der Waals surface area contributed by atoms with Gasteiger partial charge in [-0.15, -0.1) is 0 Å². The van der Waals surface area contributed by atoms with Crippen molar-refractivity contribution in [2.75, 3.05) is 38.3 Å². The van der Waals surface area contributed by atoms with Crippen LogP contribution in [0, 0.1) is 17.2 Å². The lowest BCUT2D eigenvalue weighted by molar-refractivity contribution is -0.134. The molecule has 0 aliphatic carbocycles. The fourth-order valence-electron chi connectivity index (χ4n) is 5.08. The van der Waals surface area contributed by atoms with Gasteiger partial charge >= 0.3 is 0 Å². The van der Waals surface area contributed by atoms with Crippen LogP contribution in [0.1, 0.15) is 38.7 Å². The number of para-hydroxylation sites is 2. The van der Waals surface area contributed by atoms with Crippen molar-refractivity contribution < 1.29 is 14.3 Å². The van der Waals surface area contributed by atoms with E-state index in [1.165, 1.54) is 0 Å². The van der Waals surface area contributed by atoms with Crippen LogP contribution in [0.15, 0.2) is 42.5 Å². The maximum Gasteiger partial charge on any atom is 0.225 e. The van der Waals surface area contributed by atoms with Gasteiger partial charge < -0.3 is 19.3 Å². The van der Waals surface area contributed by atoms with E-state index in [-0.39, 0.29) is 24.0 Å². The SMILES string of the molecule is CC(C)C(=O)N(C)[C@H]1CCN(c2nc3ccccc3nc2-c2ccc(OC3CCOCC3)c(C#N)c2)C1. The average molecular weight is 500 g/mol. The number of benzene rings is 2. The summed E-state index contributed by atoms with van der Waals surface area (Å²) in [5, 5.41) is 9.93. The zero-order valence-electron chi connectivity index (χ0n) is 21.7. The van der Waals surface area contributed by atoms with Gasteiger partial charge in [0.25, 0.3) is 0 Å². The normalized spacial score (nSPS) is 18.2. The van der Waals surface area contributed by atoms with Crippen LogP contribution < -0.4 is 9.64 Å². The van der Waals surface area contributed by atoms with Gasteiger partial charge in [-0.1, -0.05) is 26.0 Å². The molecule has 37 heavy (non-hydrogen) atoms. The Labute approximate surface area is 217 Å². The second-order valence-electron chi connectivity index (χ2n) is 10.1. The second kappa shape index (κ2) is 10.7. The maximum atomic E-state index is 12.6. The molecule has 2 aliphatic rings. The average Bonchev–Trinajstić information content (AvgIpc) is 3.42. The first kappa shape index (κ1) is 25.0. The van der Waals surface area contributed by atoms with E-state index >= 15 is 0 Å². The lowest BCUT2D eigenvalue weighted by atomic mass is 10.1. The van der Waals surface area contributed by atoms with E-state index in [0.717, 1.165) is 53.9 Å². The molecule has 192 valence electrons. The Bertz CT molecular complexity index is 1330. The first-order valence-corrected chi connectivity index (χ1v) is 13.0. The number of aromatic nitrogens is 2. The Hall–Kier alpha value is -3.70. The summed E-state index contributed by atoms with van der Waals surface area (Å²) in [5.41, 5.74) is 3.64. The molecule has 0 spiro atoms. The fraction of sp³-hybridized carbons (Fsp3) is 0.448. The molecule has 5 rings (SSSR count). The number of carbonyl (C=O) groups excluding carboxylic acids is 1. The number of hydrogen-bond acceptors (Lipinski definition) is 7. The summed E-state index contributed by atoms with van der Waals surface area (Å²) in [6.07, 6.45) is 2.55. The third-order valence-corrected chi connectivity index (χ3v) is 7.24. The molecule has 2 aliphatic heterocycles. The van der Waals surface area contributed by atoms with Crippen LogP contribution in [0.5, 0.6) is 5.75 Å². The van der Waals surface area contributed by atoms with Crippen LogP contribution in [-0.2, 0) is 9.53 Å². The van der Waals surface area contributed by atoms with Crippen molar-refractivity contribution in [3.8, 4) is 23.1 Å². The number of likely N-dealkylation sites (N-methyl/N-ethyl adjacent to an activating group) is 1.